The molecule has 26 heavy (non-hydrogen) atoms. The van der Waals surface area contributed by atoms with Crippen LogP contribution in [0.1, 0.15) is 55.2 Å². The number of sulfonamides is 1. The van der Waals surface area contributed by atoms with Gasteiger partial charge in [0.15, 0.2) is 0 Å². The van der Waals surface area contributed by atoms with Crippen molar-refractivity contribution in [3.63, 3.8) is 0 Å². The maximum atomic E-state index is 12.9. The van der Waals surface area contributed by atoms with E-state index >= 15 is 0 Å². The van der Waals surface area contributed by atoms with Crippen LogP contribution in [-0.2, 0) is 15.8 Å². The number of nitrogens with zero attached hydrogens (tertiary/aromatic N) is 2. The SMILES string of the molecule is Cc1ccc(C)c(CS(=O)(=O)N2CCC(CN3CCCCCC3)CC2)c1. The van der Waals surface area contributed by atoms with Gasteiger partial charge < -0.3 is 4.90 Å². The molecule has 2 aliphatic heterocycles. The van der Waals surface area contributed by atoms with E-state index in [1.54, 1.807) is 4.31 Å². The summed E-state index contributed by atoms with van der Waals surface area (Å²) in [6.45, 7) is 9.00. The monoisotopic (exact) mass is 378 g/mol. The normalized spacial score (nSPS) is 21.6. The number of hydrogen-bond donors (Lipinski definition) is 0. The Morgan fingerprint density at radius 3 is 2.27 bits per heavy atom. The van der Waals surface area contributed by atoms with Gasteiger partial charge >= 0.3 is 0 Å². The van der Waals surface area contributed by atoms with Crippen molar-refractivity contribution in [2.75, 3.05) is 32.7 Å². The fourth-order valence-electron chi connectivity index (χ4n) is 4.30. The molecule has 3 rings (SSSR count). The molecule has 0 saturated carbocycles. The number of benzene rings is 1. The smallest absolute Gasteiger partial charge is 0.218 e. The third-order valence-electron chi connectivity index (χ3n) is 6.02. The van der Waals surface area contributed by atoms with Crippen LogP contribution in [-0.4, -0.2) is 50.3 Å². The van der Waals surface area contributed by atoms with Gasteiger partial charge in [0, 0.05) is 19.6 Å². The van der Waals surface area contributed by atoms with Crippen LogP contribution in [0.4, 0.5) is 0 Å². The average molecular weight is 379 g/mol. The lowest BCUT2D eigenvalue weighted by Gasteiger charge is -2.34. The van der Waals surface area contributed by atoms with Gasteiger partial charge in [-0.3, -0.25) is 0 Å². The van der Waals surface area contributed by atoms with Gasteiger partial charge in [-0.25, -0.2) is 12.7 Å². The van der Waals surface area contributed by atoms with Crippen molar-refractivity contribution in [1.29, 1.82) is 0 Å². The first kappa shape index (κ1) is 19.8. The van der Waals surface area contributed by atoms with E-state index in [0.717, 1.165) is 36.1 Å². The molecule has 0 radical (unpaired) electrons. The van der Waals surface area contributed by atoms with Crippen LogP contribution >= 0.6 is 0 Å². The zero-order valence-electron chi connectivity index (χ0n) is 16.4. The second kappa shape index (κ2) is 8.85. The van der Waals surface area contributed by atoms with Crippen LogP contribution in [0, 0.1) is 19.8 Å². The van der Waals surface area contributed by atoms with E-state index in [9.17, 15) is 8.42 Å². The molecule has 0 bridgehead atoms. The molecule has 0 aromatic heterocycles. The summed E-state index contributed by atoms with van der Waals surface area (Å²) in [5.41, 5.74) is 3.13. The quantitative estimate of drug-likeness (QED) is 0.784. The first-order valence-electron chi connectivity index (χ1n) is 10.2. The number of rotatable bonds is 5. The molecule has 0 atom stereocenters. The first-order chi connectivity index (χ1) is 12.4. The van der Waals surface area contributed by atoms with Crippen LogP contribution < -0.4 is 0 Å². The number of hydrogen-bond acceptors (Lipinski definition) is 3. The fraction of sp³-hybridized carbons (Fsp3) is 0.714. The Morgan fingerprint density at radius 1 is 0.962 bits per heavy atom. The number of aryl methyl sites for hydroxylation is 2. The summed E-state index contributed by atoms with van der Waals surface area (Å²) in [6.07, 6.45) is 7.38. The average Bonchev–Trinajstić information content (AvgIpc) is 2.87. The molecule has 0 aliphatic carbocycles. The Labute approximate surface area is 159 Å². The second-order valence-corrected chi connectivity index (χ2v) is 10.2. The van der Waals surface area contributed by atoms with Crippen molar-refractivity contribution in [2.24, 2.45) is 5.92 Å². The number of piperidine rings is 1. The van der Waals surface area contributed by atoms with E-state index in [2.05, 4.69) is 4.90 Å². The highest BCUT2D eigenvalue weighted by Gasteiger charge is 2.29. The lowest BCUT2D eigenvalue weighted by Crippen LogP contribution is -2.42. The Morgan fingerprint density at radius 2 is 1.62 bits per heavy atom. The molecular weight excluding hydrogens is 344 g/mol. The highest BCUT2D eigenvalue weighted by atomic mass is 32.2. The van der Waals surface area contributed by atoms with Crippen LogP contribution in [0.5, 0.6) is 0 Å². The predicted molar refractivity (Wildman–Crippen MR) is 108 cm³/mol. The zero-order valence-corrected chi connectivity index (χ0v) is 17.2. The lowest BCUT2D eigenvalue weighted by atomic mass is 9.97. The molecule has 5 heteroatoms. The van der Waals surface area contributed by atoms with E-state index < -0.39 is 10.0 Å². The minimum absolute atomic E-state index is 0.136. The summed E-state index contributed by atoms with van der Waals surface area (Å²) < 4.78 is 27.5. The van der Waals surface area contributed by atoms with Gasteiger partial charge in [-0.05, 0) is 69.7 Å². The van der Waals surface area contributed by atoms with Crippen LogP contribution in [0.2, 0.25) is 0 Å². The third-order valence-corrected chi connectivity index (χ3v) is 7.85. The van der Waals surface area contributed by atoms with Gasteiger partial charge in [0.25, 0.3) is 0 Å². The van der Waals surface area contributed by atoms with Gasteiger partial charge in [-0.15, -0.1) is 0 Å². The molecule has 0 amide bonds. The van der Waals surface area contributed by atoms with E-state index in [-0.39, 0.29) is 5.75 Å². The van der Waals surface area contributed by atoms with Gasteiger partial charge in [-0.2, -0.15) is 0 Å². The van der Waals surface area contributed by atoms with Crippen molar-refractivity contribution < 1.29 is 8.42 Å². The zero-order chi connectivity index (χ0) is 18.6. The molecule has 2 aliphatic rings. The Balaban J connectivity index is 1.54. The summed E-state index contributed by atoms with van der Waals surface area (Å²) in [7, 11) is -3.22. The maximum Gasteiger partial charge on any atom is 0.218 e. The molecule has 2 saturated heterocycles. The summed E-state index contributed by atoms with van der Waals surface area (Å²) >= 11 is 0. The lowest BCUT2D eigenvalue weighted by molar-refractivity contribution is 0.186. The van der Waals surface area contributed by atoms with Crippen LogP contribution in [0.3, 0.4) is 0 Å². The van der Waals surface area contributed by atoms with Gasteiger partial charge in [0.2, 0.25) is 10.0 Å². The molecule has 1 aromatic rings. The highest BCUT2D eigenvalue weighted by molar-refractivity contribution is 7.88. The molecule has 1 aromatic carbocycles. The van der Waals surface area contributed by atoms with E-state index in [0.29, 0.717) is 19.0 Å². The first-order valence-corrected chi connectivity index (χ1v) is 11.8. The largest absolute Gasteiger partial charge is 0.303 e. The van der Waals surface area contributed by atoms with Crippen molar-refractivity contribution in [2.45, 2.75) is 58.1 Å². The Bertz CT molecular complexity index is 686. The molecular formula is C21H34N2O2S. The topological polar surface area (TPSA) is 40.6 Å². The minimum atomic E-state index is -3.22. The van der Waals surface area contributed by atoms with Crippen LogP contribution in [0.15, 0.2) is 18.2 Å². The molecule has 0 N–H and O–H groups in total. The summed E-state index contributed by atoms with van der Waals surface area (Å²) in [5.74, 6) is 0.789. The summed E-state index contributed by atoms with van der Waals surface area (Å²) in [6, 6.07) is 6.08. The van der Waals surface area contributed by atoms with Crippen molar-refractivity contribution in [3.8, 4) is 0 Å². The fourth-order valence-corrected chi connectivity index (χ4v) is 5.95. The Hall–Kier alpha value is -0.910. The second-order valence-electron chi connectivity index (χ2n) is 8.24. The maximum absolute atomic E-state index is 12.9. The van der Waals surface area contributed by atoms with E-state index in [1.165, 1.54) is 38.8 Å². The number of likely N-dealkylation sites (tertiary alicyclic amines) is 1. The molecule has 0 spiro atoms. The molecule has 2 heterocycles. The molecule has 4 nitrogen and oxygen atoms in total. The molecule has 146 valence electrons. The highest BCUT2D eigenvalue weighted by Crippen LogP contribution is 2.24. The van der Waals surface area contributed by atoms with Gasteiger partial charge in [0.05, 0.1) is 5.75 Å². The van der Waals surface area contributed by atoms with E-state index in [4.69, 9.17) is 0 Å². The van der Waals surface area contributed by atoms with Crippen LogP contribution in [0.25, 0.3) is 0 Å². The van der Waals surface area contributed by atoms with Crippen molar-refractivity contribution in [3.05, 3.63) is 34.9 Å². The van der Waals surface area contributed by atoms with Crippen molar-refractivity contribution >= 4 is 10.0 Å². The summed E-state index contributed by atoms with van der Waals surface area (Å²) in [4.78, 5) is 2.61. The standard InChI is InChI=1S/C21H34N2O2S/c1-18-7-8-19(2)21(15-18)17-26(24,25)23-13-9-20(10-14-23)16-22-11-5-3-4-6-12-22/h7-8,15,20H,3-6,9-14,16-17H2,1-2H3. The Kier molecular flexibility index (Phi) is 6.76. The summed E-state index contributed by atoms with van der Waals surface area (Å²) in [5, 5.41) is 0. The molecule has 2 fully saturated rings. The predicted octanol–water partition coefficient (Wildman–Crippen LogP) is 3.72. The minimum Gasteiger partial charge on any atom is -0.303 e. The van der Waals surface area contributed by atoms with Gasteiger partial charge in [0.1, 0.15) is 0 Å². The third kappa shape index (κ3) is 5.30. The van der Waals surface area contributed by atoms with Gasteiger partial charge in [-0.1, -0.05) is 36.6 Å². The van der Waals surface area contributed by atoms with Crippen molar-refractivity contribution in [1.82, 2.24) is 9.21 Å². The molecule has 0 unspecified atom stereocenters. The van der Waals surface area contributed by atoms with E-state index in [1.807, 2.05) is 32.0 Å².